The maximum atomic E-state index is 15.1. The number of carbonyl (C=O) groups excluding carboxylic acids is 1. The van der Waals surface area contributed by atoms with Crippen molar-refractivity contribution in [2.24, 2.45) is 0 Å². The van der Waals surface area contributed by atoms with Crippen LogP contribution in [0.25, 0.3) is 0 Å². The molecule has 12 heteroatoms. The summed E-state index contributed by atoms with van der Waals surface area (Å²) in [6.07, 6.45) is -3.31. The number of aromatic nitrogens is 3. The largest absolute Gasteiger partial charge is 0.416 e. The highest BCUT2D eigenvalue weighted by Crippen LogP contribution is 2.32. The van der Waals surface area contributed by atoms with Gasteiger partial charge in [-0.25, -0.2) is 13.8 Å². The summed E-state index contributed by atoms with van der Waals surface area (Å²) in [7, 11) is 0. The summed E-state index contributed by atoms with van der Waals surface area (Å²) in [5, 5.41) is 14.8. The van der Waals surface area contributed by atoms with Crippen LogP contribution >= 0.6 is 0 Å². The van der Waals surface area contributed by atoms with Crippen molar-refractivity contribution in [1.29, 1.82) is 0 Å². The van der Waals surface area contributed by atoms with Crippen LogP contribution in [0.4, 0.5) is 22.0 Å². The van der Waals surface area contributed by atoms with E-state index in [9.17, 15) is 27.5 Å². The van der Waals surface area contributed by atoms with E-state index in [2.05, 4.69) is 10.1 Å². The summed E-state index contributed by atoms with van der Waals surface area (Å²) >= 11 is 0. The van der Waals surface area contributed by atoms with Crippen LogP contribution in [0.15, 0.2) is 85.5 Å². The Hall–Kier alpha value is -4.16. The third-order valence-corrected chi connectivity index (χ3v) is 6.37. The molecule has 0 radical (unpaired) electrons. The quantitative estimate of drug-likeness (QED) is 0.180. The molecule has 0 fully saturated rings. The number of amides is 1. The molecule has 2 atom stereocenters. The van der Waals surface area contributed by atoms with Gasteiger partial charge in [-0.05, 0) is 42.3 Å². The molecule has 2 unspecified atom stereocenters. The highest BCUT2D eigenvalue weighted by molar-refractivity contribution is 5.94. The molecule has 4 rings (SSSR count). The lowest BCUT2D eigenvalue weighted by atomic mass is 9.96. The number of aliphatic hydroxyl groups excluding tert-OH is 1. The maximum absolute atomic E-state index is 15.1. The summed E-state index contributed by atoms with van der Waals surface area (Å²) in [5.74, 6) is -2.50. The second kappa shape index (κ2) is 13.5. The average Bonchev–Trinajstić information content (AvgIpc) is 3.45. The Labute approximate surface area is 232 Å². The van der Waals surface area contributed by atoms with Gasteiger partial charge < -0.3 is 14.7 Å². The second-order valence-corrected chi connectivity index (χ2v) is 9.30. The van der Waals surface area contributed by atoms with Crippen LogP contribution < -0.4 is 0 Å². The van der Waals surface area contributed by atoms with Gasteiger partial charge in [-0.2, -0.15) is 18.3 Å². The monoisotopic (exact) mass is 574 g/mol. The van der Waals surface area contributed by atoms with Gasteiger partial charge in [0.05, 0.1) is 37.5 Å². The van der Waals surface area contributed by atoms with Crippen LogP contribution in [0.1, 0.15) is 39.5 Å². The SMILES string of the molecule is O=C(c1ccc(C(F)(F)F)cc1)N(CCOCc1ccccc1)C(CC(O)Cn1cncn1)c1ccc(F)cc1F. The lowest BCUT2D eigenvalue weighted by molar-refractivity contribution is -0.137. The molecule has 0 aliphatic heterocycles. The second-order valence-electron chi connectivity index (χ2n) is 9.30. The molecule has 0 aliphatic carbocycles. The van der Waals surface area contributed by atoms with Crippen LogP contribution in [0, 0.1) is 11.6 Å². The van der Waals surface area contributed by atoms with E-state index in [4.69, 9.17) is 4.74 Å². The third-order valence-electron chi connectivity index (χ3n) is 6.37. The third kappa shape index (κ3) is 8.18. The van der Waals surface area contributed by atoms with Crippen LogP contribution in [0.5, 0.6) is 0 Å². The summed E-state index contributed by atoms with van der Waals surface area (Å²) in [6, 6.07) is 14.6. The average molecular weight is 575 g/mol. The zero-order chi connectivity index (χ0) is 29.4. The molecular weight excluding hydrogens is 547 g/mol. The molecule has 1 amide bonds. The van der Waals surface area contributed by atoms with Gasteiger partial charge in [0.25, 0.3) is 5.91 Å². The smallest absolute Gasteiger partial charge is 0.391 e. The molecular formula is C29H27F5N4O3. The van der Waals surface area contributed by atoms with Crippen molar-refractivity contribution in [3.63, 3.8) is 0 Å². The number of halogens is 5. The topological polar surface area (TPSA) is 80.5 Å². The standard InChI is InChI=1S/C29H27F5N4O3/c30-23-10-11-25(26(31)14-23)27(15-24(39)16-37-19-35-18-36-37)38(12-13-41-17-20-4-2-1-3-5-20)28(40)21-6-8-22(9-7-21)29(32,33)34/h1-11,14,18-19,24,27,39H,12-13,15-17H2. The first-order chi connectivity index (χ1) is 19.6. The molecule has 7 nitrogen and oxygen atoms in total. The van der Waals surface area contributed by atoms with E-state index >= 15 is 4.39 Å². The molecule has 0 saturated heterocycles. The van der Waals surface area contributed by atoms with Crippen molar-refractivity contribution in [3.05, 3.63) is 119 Å². The highest BCUT2D eigenvalue weighted by atomic mass is 19.4. The van der Waals surface area contributed by atoms with Crippen LogP contribution in [0.2, 0.25) is 0 Å². The minimum Gasteiger partial charge on any atom is -0.391 e. The van der Waals surface area contributed by atoms with E-state index < -0.39 is 41.4 Å². The van der Waals surface area contributed by atoms with Gasteiger partial charge in [0.2, 0.25) is 0 Å². The number of rotatable bonds is 12. The first kappa shape index (κ1) is 29.8. The summed E-state index contributed by atoms with van der Waals surface area (Å²) in [4.78, 5) is 18.8. The number of carbonyl (C=O) groups is 1. The molecule has 0 spiro atoms. The van der Waals surface area contributed by atoms with Crippen molar-refractivity contribution >= 4 is 5.91 Å². The summed E-state index contributed by atoms with van der Waals surface area (Å²) < 4.78 is 75.4. The number of aliphatic hydroxyl groups is 1. The zero-order valence-electron chi connectivity index (χ0n) is 21.7. The van der Waals surface area contributed by atoms with E-state index in [1.165, 1.54) is 28.3 Å². The molecule has 1 aromatic heterocycles. The van der Waals surface area contributed by atoms with Crippen molar-refractivity contribution in [2.75, 3.05) is 13.2 Å². The molecule has 216 valence electrons. The summed E-state index contributed by atoms with van der Waals surface area (Å²) in [5.41, 5.74) is -0.222. The van der Waals surface area contributed by atoms with Crippen molar-refractivity contribution < 1.29 is 36.6 Å². The summed E-state index contributed by atoms with van der Waals surface area (Å²) in [6.45, 7) is 0.0593. The molecule has 1 heterocycles. The molecule has 1 N–H and O–H groups in total. The Bertz CT molecular complexity index is 1400. The van der Waals surface area contributed by atoms with Gasteiger partial charge in [-0.15, -0.1) is 0 Å². The minimum atomic E-state index is -4.60. The van der Waals surface area contributed by atoms with Crippen LogP contribution in [-0.4, -0.2) is 49.9 Å². The Morgan fingerprint density at radius 2 is 1.76 bits per heavy atom. The van der Waals surface area contributed by atoms with Crippen molar-refractivity contribution in [3.8, 4) is 0 Å². The predicted molar refractivity (Wildman–Crippen MR) is 138 cm³/mol. The maximum Gasteiger partial charge on any atom is 0.416 e. The van der Waals surface area contributed by atoms with E-state index in [0.717, 1.165) is 35.9 Å². The fourth-order valence-electron chi connectivity index (χ4n) is 4.36. The Kier molecular flexibility index (Phi) is 9.79. The molecule has 0 saturated carbocycles. The normalized spacial score (nSPS) is 13.1. The number of alkyl halides is 3. The molecule has 0 bridgehead atoms. The molecule has 0 aliphatic rings. The number of hydrogen-bond acceptors (Lipinski definition) is 5. The zero-order valence-corrected chi connectivity index (χ0v) is 21.7. The van der Waals surface area contributed by atoms with E-state index in [1.54, 1.807) is 0 Å². The highest BCUT2D eigenvalue weighted by Gasteiger charge is 2.33. The first-order valence-electron chi connectivity index (χ1n) is 12.7. The van der Waals surface area contributed by atoms with Crippen LogP contribution in [0.3, 0.4) is 0 Å². The fourth-order valence-corrected chi connectivity index (χ4v) is 4.36. The Morgan fingerprint density at radius 1 is 1.02 bits per heavy atom. The number of benzene rings is 3. The number of ether oxygens (including phenoxy) is 1. The Balaban J connectivity index is 1.65. The van der Waals surface area contributed by atoms with Crippen molar-refractivity contribution in [1.82, 2.24) is 19.7 Å². The van der Waals surface area contributed by atoms with Gasteiger partial charge in [0.1, 0.15) is 24.3 Å². The number of hydrogen-bond donors (Lipinski definition) is 1. The van der Waals surface area contributed by atoms with E-state index in [-0.39, 0.29) is 43.9 Å². The van der Waals surface area contributed by atoms with Gasteiger partial charge in [-0.1, -0.05) is 36.4 Å². The lowest BCUT2D eigenvalue weighted by Gasteiger charge is -2.34. The van der Waals surface area contributed by atoms with Crippen molar-refractivity contribution in [2.45, 2.75) is 37.9 Å². The molecule has 4 aromatic rings. The fraction of sp³-hybridized carbons (Fsp3) is 0.276. The van der Waals surface area contributed by atoms with E-state index in [0.29, 0.717) is 6.07 Å². The molecule has 3 aromatic carbocycles. The van der Waals surface area contributed by atoms with E-state index in [1.807, 2.05) is 30.3 Å². The first-order valence-corrected chi connectivity index (χ1v) is 12.7. The van der Waals surface area contributed by atoms with Gasteiger partial charge >= 0.3 is 6.18 Å². The Morgan fingerprint density at radius 3 is 2.39 bits per heavy atom. The van der Waals surface area contributed by atoms with Gasteiger partial charge in [-0.3, -0.25) is 9.48 Å². The van der Waals surface area contributed by atoms with Gasteiger partial charge in [0.15, 0.2) is 0 Å². The van der Waals surface area contributed by atoms with Gasteiger partial charge in [0, 0.05) is 23.7 Å². The van der Waals surface area contributed by atoms with Crippen LogP contribution in [-0.2, 0) is 24.1 Å². The predicted octanol–water partition coefficient (Wildman–Crippen LogP) is 5.43. The minimum absolute atomic E-state index is 0.0141. The lowest BCUT2D eigenvalue weighted by Crippen LogP contribution is -2.40. The molecule has 41 heavy (non-hydrogen) atoms. The number of nitrogens with zero attached hydrogens (tertiary/aromatic N) is 4.